The zero-order chi connectivity index (χ0) is 14.9. The lowest BCUT2D eigenvalue weighted by atomic mass is 10.1. The van der Waals surface area contributed by atoms with Gasteiger partial charge in [-0.05, 0) is 54.7 Å². The van der Waals surface area contributed by atoms with Crippen LogP contribution < -0.4 is 0 Å². The van der Waals surface area contributed by atoms with Crippen molar-refractivity contribution in [2.75, 3.05) is 7.05 Å². The Balaban J connectivity index is 1.86. The van der Waals surface area contributed by atoms with Crippen LogP contribution in [0.1, 0.15) is 23.2 Å². The molecule has 1 aliphatic carbocycles. The molecule has 0 fully saturated rings. The first kappa shape index (κ1) is 14.2. The van der Waals surface area contributed by atoms with Gasteiger partial charge in [0.05, 0.1) is 17.1 Å². The second kappa shape index (κ2) is 5.58. The van der Waals surface area contributed by atoms with Crippen molar-refractivity contribution < 1.29 is 8.42 Å². The van der Waals surface area contributed by atoms with Gasteiger partial charge in [0.1, 0.15) is 0 Å². The van der Waals surface area contributed by atoms with Crippen LogP contribution in [0.15, 0.2) is 47.5 Å². The van der Waals surface area contributed by atoms with Crippen molar-refractivity contribution in [3.05, 3.63) is 59.4 Å². The second-order valence-corrected chi connectivity index (χ2v) is 7.41. The van der Waals surface area contributed by atoms with Crippen LogP contribution in [0.2, 0.25) is 0 Å². The number of hydrogen-bond acceptors (Lipinski definition) is 3. The summed E-state index contributed by atoms with van der Waals surface area (Å²) < 4.78 is 26.6. The largest absolute Gasteiger partial charge is 0.260 e. The Kier molecular flexibility index (Phi) is 3.78. The molecule has 0 unspecified atom stereocenters. The van der Waals surface area contributed by atoms with Gasteiger partial charge < -0.3 is 0 Å². The number of fused-ring (bicyclic) bond motifs is 1. The molecule has 4 nitrogen and oxygen atoms in total. The van der Waals surface area contributed by atoms with E-state index in [9.17, 15) is 8.42 Å². The van der Waals surface area contributed by atoms with Crippen LogP contribution in [0.3, 0.4) is 0 Å². The SMILES string of the molecule is CN(Cc1ccccn1)S(=O)(=O)c1ccc2c(c1)CCC2. The molecular formula is C16H18N2O2S. The molecule has 0 aliphatic heterocycles. The number of rotatable bonds is 4. The Morgan fingerprint density at radius 1 is 1.14 bits per heavy atom. The highest BCUT2D eigenvalue weighted by Crippen LogP contribution is 2.26. The van der Waals surface area contributed by atoms with Crippen LogP contribution in [0, 0.1) is 0 Å². The van der Waals surface area contributed by atoms with E-state index < -0.39 is 10.0 Å². The molecule has 1 aromatic heterocycles. The molecule has 0 spiro atoms. The maximum absolute atomic E-state index is 12.6. The minimum absolute atomic E-state index is 0.278. The average molecular weight is 302 g/mol. The van der Waals surface area contributed by atoms with E-state index in [4.69, 9.17) is 0 Å². The van der Waals surface area contributed by atoms with E-state index in [1.807, 2.05) is 30.3 Å². The van der Waals surface area contributed by atoms with Crippen LogP contribution in [-0.2, 0) is 29.4 Å². The summed E-state index contributed by atoms with van der Waals surface area (Å²) >= 11 is 0. The predicted octanol–water partition coefficient (Wildman–Crippen LogP) is 2.39. The van der Waals surface area contributed by atoms with E-state index >= 15 is 0 Å². The number of pyridine rings is 1. The van der Waals surface area contributed by atoms with Crippen molar-refractivity contribution in [2.24, 2.45) is 0 Å². The molecule has 2 aromatic rings. The van der Waals surface area contributed by atoms with E-state index in [0.717, 1.165) is 25.0 Å². The lowest BCUT2D eigenvalue weighted by Gasteiger charge is -2.17. The van der Waals surface area contributed by atoms with E-state index in [0.29, 0.717) is 4.90 Å². The summed E-state index contributed by atoms with van der Waals surface area (Å²) in [6, 6.07) is 11.0. The molecule has 0 radical (unpaired) electrons. The Morgan fingerprint density at radius 2 is 1.95 bits per heavy atom. The van der Waals surface area contributed by atoms with Crippen molar-refractivity contribution in [3.63, 3.8) is 0 Å². The smallest absolute Gasteiger partial charge is 0.243 e. The zero-order valence-corrected chi connectivity index (χ0v) is 12.8. The third kappa shape index (κ3) is 2.84. The minimum Gasteiger partial charge on any atom is -0.260 e. The summed E-state index contributed by atoms with van der Waals surface area (Å²) in [6.45, 7) is 0.278. The van der Waals surface area contributed by atoms with Crippen LogP contribution in [0.25, 0.3) is 0 Å². The van der Waals surface area contributed by atoms with Crippen LogP contribution in [0.4, 0.5) is 0 Å². The van der Waals surface area contributed by atoms with E-state index in [-0.39, 0.29) is 6.54 Å². The number of aryl methyl sites for hydroxylation is 2. The van der Waals surface area contributed by atoms with Gasteiger partial charge in [0, 0.05) is 13.2 Å². The fourth-order valence-electron chi connectivity index (χ4n) is 2.69. The Morgan fingerprint density at radius 3 is 2.71 bits per heavy atom. The van der Waals surface area contributed by atoms with Gasteiger partial charge in [-0.2, -0.15) is 4.31 Å². The van der Waals surface area contributed by atoms with Crippen LogP contribution in [-0.4, -0.2) is 24.8 Å². The average Bonchev–Trinajstić information content (AvgIpc) is 2.95. The highest BCUT2D eigenvalue weighted by Gasteiger charge is 2.23. The Hall–Kier alpha value is -1.72. The normalized spacial score (nSPS) is 14.4. The van der Waals surface area contributed by atoms with Gasteiger partial charge >= 0.3 is 0 Å². The van der Waals surface area contributed by atoms with Crippen molar-refractivity contribution in [1.82, 2.24) is 9.29 Å². The van der Waals surface area contributed by atoms with Crippen molar-refractivity contribution >= 4 is 10.0 Å². The molecule has 0 amide bonds. The van der Waals surface area contributed by atoms with Gasteiger partial charge in [-0.3, -0.25) is 4.98 Å². The highest BCUT2D eigenvalue weighted by atomic mass is 32.2. The molecule has 0 bridgehead atoms. The first-order chi connectivity index (χ1) is 10.1. The molecule has 1 aromatic carbocycles. The summed E-state index contributed by atoms with van der Waals surface area (Å²) in [4.78, 5) is 4.55. The second-order valence-electron chi connectivity index (χ2n) is 5.37. The summed E-state index contributed by atoms with van der Waals surface area (Å²) in [5.41, 5.74) is 3.19. The first-order valence-electron chi connectivity index (χ1n) is 7.05. The lowest BCUT2D eigenvalue weighted by Crippen LogP contribution is -2.27. The lowest BCUT2D eigenvalue weighted by molar-refractivity contribution is 0.462. The standard InChI is InChI=1S/C16H18N2O2S/c1-18(12-15-7-2-3-10-17-15)21(19,20)16-9-8-13-5-4-6-14(13)11-16/h2-3,7-11H,4-6,12H2,1H3. The third-order valence-electron chi connectivity index (χ3n) is 3.89. The number of benzene rings is 1. The molecule has 110 valence electrons. The molecular weight excluding hydrogens is 284 g/mol. The number of nitrogens with zero attached hydrogens (tertiary/aromatic N) is 2. The molecule has 0 saturated heterocycles. The van der Waals surface area contributed by atoms with Crippen molar-refractivity contribution in [3.8, 4) is 0 Å². The molecule has 0 saturated carbocycles. The number of aromatic nitrogens is 1. The maximum Gasteiger partial charge on any atom is 0.243 e. The van der Waals surface area contributed by atoms with E-state index in [2.05, 4.69) is 4.98 Å². The molecule has 0 atom stereocenters. The van der Waals surface area contributed by atoms with Gasteiger partial charge in [-0.25, -0.2) is 8.42 Å². The molecule has 1 heterocycles. The van der Waals surface area contributed by atoms with Gasteiger partial charge in [0.2, 0.25) is 10.0 Å². The van der Waals surface area contributed by atoms with E-state index in [1.165, 1.54) is 15.4 Å². The zero-order valence-electron chi connectivity index (χ0n) is 12.0. The number of hydrogen-bond donors (Lipinski definition) is 0. The van der Waals surface area contributed by atoms with Crippen molar-refractivity contribution in [2.45, 2.75) is 30.7 Å². The monoisotopic (exact) mass is 302 g/mol. The van der Waals surface area contributed by atoms with Gasteiger partial charge in [0.25, 0.3) is 0 Å². The molecule has 21 heavy (non-hydrogen) atoms. The Labute approximate surface area is 125 Å². The molecule has 1 aliphatic rings. The molecule has 0 N–H and O–H groups in total. The minimum atomic E-state index is -3.47. The van der Waals surface area contributed by atoms with E-state index in [1.54, 1.807) is 19.3 Å². The highest BCUT2D eigenvalue weighted by molar-refractivity contribution is 7.89. The predicted molar refractivity (Wildman–Crippen MR) is 81.4 cm³/mol. The maximum atomic E-state index is 12.6. The first-order valence-corrected chi connectivity index (χ1v) is 8.49. The van der Waals surface area contributed by atoms with Gasteiger partial charge in [-0.1, -0.05) is 12.1 Å². The summed E-state index contributed by atoms with van der Waals surface area (Å²) in [5.74, 6) is 0. The molecule has 3 rings (SSSR count). The van der Waals surface area contributed by atoms with Crippen LogP contribution in [0.5, 0.6) is 0 Å². The summed E-state index contributed by atoms with van der Waals surface area (Å²) in [7, 11) is -1.87. The quantitative estimate of drug-likeness (QED) is 0.871. The fraction of sp³-hybridized carbons (Fsp3) is 0.312. The number of sulfonamides is 1. The Bertz CT molecular complexity index is 742. The summed E-state index contributed by atoms with van der Waals surface area (Å²) in [6.07, 6.45) is 4.82. The van der Waals surface area contributed by atoms with Gasteiger partial charge in [0.15, 0.2) is 0 Å². The fourth-order valence-corrected chi connectivity index (χ4v) is 3.89. The summed E-state index contributed by atoms with van der Waals surface area (Å²) in [5, 5.41) is 0. The third-order valence-corrected chi connectivity index (χ3v) is 5.69. The van der Waals surface area contributed by atoms with Crippen LogP contribution >= 0.6 is 0 Å². The van der Waals surface area contributed by atoms with Gasteiger partial charge in [-0.15, -0.1) is 0 Å². The molecule has 5 heteroatoms. The topological polar surface area (TPSA) is 50.3 Å². The van der Waals surface area contributed by atoms with Crippen molar-refractivity contribution in [1.29, 1.82) is 0 Å².